The summed E-state index contributed by atoms with van der Waals surface area (Å²) in [4.78, 5) is 30.5. The van der Waals surface area contributed by atoms with E-state index in [1.165, 1.54) is 4.57 Å². The van der Waals surface area contributed by atoms with Gasteiger partial charge in [-0.05, 0) is 31.9 Å². The fourth-order valence-corrected chi connectivity index (χ4v) is 4.19. The van der Waals surface area contributed by atoms with Gasteiger partial charge in [0, 0.05) is 0 Å². The Labute approximate surface area is 172 Å². The number of carbonyl (C=O) groups is 1. The molecule has 2 heterocycles. The van der Waals surface area contributed by atoms with Gasteiger partial charge in [0.2, 0.25) is 0 Å². The van der Waals surface area contributed by atoms with Crippen molar-refractivity contribution in [3.63, 3.8) is 0 Å². The van der Waals surface area contributed by atoms with Gasteiger partial charge in [-0.2, -0.15) is 0 Å². The Bertz CT molecular complexity index is 1060. The Kier molecular flexibility index (Phi) is 6.79. The summed E-state index contributed by atoms with van der Waals surface area (Å²) in [6, 6.07) is 9.66. The fraction of sp³-hybridized carbons (Fsp3) is 0.381. The van der Waals surface area contributed by atoms with Crippen LogP contribution in [0.4, 0.5) is 0 Å². The minimum Gasteiger partial charge on any atom is -0.462 e. The van der Waals surface area contributed by atoms with E-state index in [-0.39, 0.29) is 25.3 Å². The summed E-state index contributed by atoms with van der Waals surface area (Å²) in [7, 11) is 0. The highest BCUT2D eigenvalue weighted by atomic mass is 32.1. The van der Waals surface area contributed by atoms with Crippen LogP contribution in [-0.2, 0) is 22.6 Å². The van der Waals surface area contributed by atoms with Crippen molar-refractivity contribution >= 4 is 27.5 Å². The molecule has 0 unspecified atom stereocenters. The van der Waals surface area contributed by atoms with Gasteiger partial charge in [0.1, 0.15) is 15.5 Å². The first-order valence-corrected chi connectivity index (χ1v) is 10.2. The van der Waals surface area contributed by atoms with E-state index in [4.69, 9.17) is 9.47 Å². The van der Waals surface area contributed by atoms with Crippen LogP contribution in [0.5, 0.6) is 0 Å². The Morgan fingerprint density at radius 1 is 1.28 bits per heavy atom. The van der Waals surface area contributed by atoms with Crippen LogP contribution in [0.25, 0.3) is 10.2 Å². The van der Waals surface area contributed by atoms with Crippen LogP contribution < -0.4 is 5.56 Å². The SMILES string of the molecule is CCOC(=O)c1sc2nc(C)n(C[C@H](O)COCc3ccccc3)c(=O)c2c1C. The van der Waals surface area contributed by atoms with Crippen LogP contribution in [0.1, 0.15) is 33.5 Å². The highest BCUT2D eigenvalue weighted by Crippen LogP contribution is 2.28. The molecule has 1 atom stereocenters. The summed E-state index contributed by atoms with van der Waals surface area (Å²) in [6.07, 6.45) is -0.863. The number of hydrogen-bond donors (Lipinski definition) is 1. The van der Waals surface area contributed by atoms with E-state index in [0.29, 0.717) is 33.1 Å². The lowest BCUT2D eigenvalue weighted by atomic mass is 10.2. The molecule has 3 aromatic rings. The van der Waals surface area contributed by atoms with E-state index in [1.807, 2.05) is 30.3 Å². The maximum atomic E-state index is 13.0. The van der Waals surface area contributed by atoms with Crippen molar-refractivity contribution in [1.82, 2.24) is 9.55 Å². The number of fused-ring (bicyclic) bond motifs is 1. The van der Waals surface area contributed by atoms with Gasteiger partial charge in [0.25, 0.3) is 5.56 Å². The number of aliphatic hydroxyl groups is 1. The zero-order valence-electron chi connectivity index (χ0n) is 16.7. The predicted molar refractivity (Wildman–Crippen MR) is 111 cm³/mol. The molecule has 0 aliphatic rings. The quantitative estimate of drug-likeness (QED) is 0.568. The van der Waals surface area contributed by atoms with Crippen molar-refractivity contribution in [3.05, 3.63) is 62.5 Å². The number of ether oxygens (including phenoxy) is 2. The Morgan fingerprint density at radius 3 is 2.69 bits per heavy atom. The van der Waals surface area contributed by atoms with Crippen LogP contribution in [0.15, 0.2) is 35.1 Å². The normalized spacial score (nSPS) is 12.3. The van der Waals surface area contributed by atoms with E-state index in [1.54, 1.807) is 20.8 Å². The third kappa shape index (κ3) is 4.72. The fourth-order valence-electron chi connectivity index (χ4n) is 3.07. The van der Waals surface area contributed by atoms with Crippen LogP contribution >= 0.6 is 11.3 Å². The van der Waals surface area contributed by atoms with Crippen molar-refractivity contribution in [2.24, 2.45) is 0 Å². The monoisotopic (exact) mass is 416 g/mol. The standard InChI is InChI=1S/C21H24N2O5S/c1-4-28-21(26)18-13(2)17-19(29-18)22-14(3)23(20(17)25)10-16(24)12-27-11-15-8-6-5-7-9-15/h5-9,16,24H,4,10-12H2,1-3H3/t16-/m0/s1. The van der Waals surface area contributed by atoms with E-state index in [9.17, 15) is 14.7 Å². The average Bonchev–Trinajstić information content (AvgIpc) is 3.02. The Hall–Kier alpha value is -2.55. The number of rotatable bonds is 8. The van der Waals surface area contributed by atoms with Gasteiger partial charge >= 0.3 is 5.97 Å². The maximum Gasteiger partial charge on any atom is 0.348 e. The summed E-state index contributed by atoms with van der Waals surface area (Å²) in [5, 5.41) is 10.7. The first-order chi connectivity index (χ1) is 13.9. The smallest absolute Gasteiger partial charge is 0.348 e. The summed E-state index contributed by atoms with van der Waals surface area (Å²) in [5.41, 5.74) is 1.29. The largest absolute Gasteiger partial charge is 0.462 e. The van der Waals surface area contributed by atoms with Crippen LogP contribution in [0, 0.1) is 13.8 Å². The molecule has 1 N–H and O–H groups in total. The minimum absolute atomic E-state index is 0.0619. The molecule has 0 saturated carbocycles. The Balaban J connectivity index is 1.77. The minimum atomic E-state index is -0.863. The zero-order valence-corrected chi connectivity index (χ0v) is 17.5. The summed E-state index contributed by atoms with van der Waals surface area (Å²) < 4.78 is 12.0. The Morgan fingerprint density at radius 2 is 2.00 bits per heavy atom. The topological polar surface area (TPSA) is 90.7 Å². The lowest BCUT2D eigenvalue weighted by Crippen LogP contribution is -2.31. The van der Waals surface area contributed by atoms with Gasteiger partial charge in [0.05, 0.1) is 37.9 Å². The molecule has 0 fully saturated rings. The first-order valence-electron chi connectivity index (χ1n) is 9.39. The van der Waals surface area contributed by atoms with Crippen molar-refractivity contribution in [2.75, 3.05) is 13.2 Å². The second-order valence-electron chi connectivity index (χ2n) is 6.69. The number of aryl methyl sites for hydroxylation is 2. The summed E-state index contributed by atoms with van der Waals surface area (Å²) >= 11 is 1.15. The van der Waals surface area contributed by atoms with E-state index < -0.39 is 12.1 Å². The van der Waals surface area contributed by atoms with Crippen LogP contribution in [0.3, 0.4) is 0 Å². The molecule has 0 radical (unpaired) electrons. The number of thiophene rings is 1. The zero-order chi connectivity index (χ0) is 21.0. The van der Waals surface area contributed by atoms with Crippen LogP contribution in [0.2, 0.25) is 0 Å². The number of aliphatic hydroxyl groups excluding tert-OH is 1. The number of benzene rings is 1. The second-order valence-corrected chi connectivity index (χ2v) is 7.69. The van der Waals surface area contributed by atoms with Gasteiger partial charge in [-0.25, -0.2) is 9.78 Å². The van der Waals surface area contributed by atoms with E-state index >= 15 is 0 Å². The molecule has 0 aliphatic carbocycles. The third-order valence-electron chi connectivity index (χ3n) is 4.52. The predicted octanol–water partition coefficient (Wildman–Crippen LogP) is 2.83. The number of esters is 1. The van der Waals surface area contributed by atoms with Crippen molar-refractivity contribution in [2.45, 2.75) is 40.0 Å². The molecule has 7 nitrogen and oxygen atoms in total. The molecule has 29 heavy (non-hydrogen) atoms. The molecule has 0 amide bonds. The maximum absolute atomic E-state index is 13.0. The molecule has 8 heteroatoms. The van der Waals surface area contributed by atoms with Crippen molar-refractivity contribution in [3.8, 4) is 0 Å². The van der Waals surface area contributed by atoms with Gasteiger partial charge < -0.3 is 14.6 Å². The van der Waals surface area contributed by atoms with E-state index in [0.717, 1.165) is 16.9 Å². The molecular formula is C21H24N2O5S. The van der Waals surface area contributed by atoms with Gasteiger partial charge in [-0.1, -0.05) is 30.3 Å². The molecule has 1 aromatic carbocycles. The van der Waals surface area contributed by atoms with Gasteiger partial charge in [-0.3, -0.25) is 9.36 Å². The molecule has 2 aromatic heterocycles. The number of carbonyl (C=O) groups excluding carboxylic acids is 1. The average molecular weight is 416 g/mol. The highest BCUT2D eigenvalue weighted by molar-refractivity contribution is 7.20. The van der Waals surface area contributed by atoms with Gasteiger partial charge in [0.15, 0.2) is 0 Å². The van der Waals surface area contributed by atoms with Crippen molar-refractivity contribution < 1.29 is 19.4 Å². The third-order valence-corrected chi connectivity index (χ3v) is 5.68. The first kappa shape index (κ1) is 21.2. The number of aromatic nitrogens is 2. The molecule has 0 aliphatic heterocycles. The lowest BCUT2D eigenvalue weighted by Gasteiger charge is -2.15. The number of nitrogens with zero attached hydrogens (tertiary/aromatic N) is 2. The molecule has 154 valence electrons. The molecule has 0 saturated heterocycles. The van der Waals surface area contributed by atoms with E-state index in [2.05, 4.69) is 4.98 Å². The second kappa shape index (κ2) is 9.30. The molecular weight excluding hydrogens is 392 g/mol. The summed E-state index contributed by atoms with van der Waals surface area (Å²) in [5.74, 6) is 0.0206. The van der Waals surface area contributed by atoms with Crippen LogP contribution in [-0.4, -0.2) is 39.9 Å². The number of hydrogen-bond acceptors (Lipinski definition) is 7. The van der Waals surface area contributed by atoms with Crippen molar-refractivity contribution in [1.29, 1.82) is 0 Å². The molecule has 3 rings (SSSR count). The lowest BCUT2D eigenvalue weighted by molar-refractivity contribution is 0.0195. The molecule has 0 spiro atoms. The molecule has 0 bridgehead atoms. The summed E-state index contributed by atoms with van der Waals surface area (Å²) in [6.45, 7) is 5.96. The highest BCUT2D eigenvalue weighted by Gasteiger charge is 2.22. The van der Waals surface area contributed by atoms with Gasteiger partial charge in [-0.15, -0.1) is 11.3 Å².